The summed E-state index contributed by atoms with van der Waals surface area (Å²) < 4.78 is 5.59. The first-order valence-electron chi connectivity index (χ1n) is 4.80. The number of hydrogen-bond acceptors (Lipinski definition) is 2. The molecule has 0 aromatic carbocycles. The monoisotopic (exact) mass is 167 g/mol. The Balaban J connectivity index is 2.43. The largest absolute Gasteiger partial charge is 0.418 e. The zero-order valence-electron chi connectivity index (χ0n) is 8.34. The van der Waals surface area contributed by atoms with Gasteiger partial charge in [-0.25, -0.2) is 0 Å². The first kappa shape index (κ1) is 9.81. The summed E-state index contributed by atoms with van der Waals surface area (Å²) >= 11 is 0. The maximum atomic E-state index is 5.59. The fourth-order valence-electron chi connectivity index (χ4n) is 1.63. The van der Waals surface area contributed by atoms with Crippen LogP contribution in [0.3, 0.4) is 0 Å². The van der Waals surface area contributed by atoms with E-state index in [4.69, 9.17) is 4.65 Å². The highest BCUT2D eigenvalue weighted by Gasteiger charge is 2.27. The van der Waals surface area contributed by atoms with Gasteiger partial charge in [0.15, 0.2) is 0 Å². The number of nitrogens with zero attached hydrogens (tertiary/aromatic N) is 1. The van der Waals surface area contributed by atoms with Gasteiger partial charge in [-0.2, -0.15) is 0 Å². The quantitative estimate of drug-likeness (QED) is 0.591. The van der Waals surface area contributed by atoms with E-state index in [2.05, 4.69) is 24.6 Å². The van der Waals surface area contributed by atoms with E-state index in [1.807, 2.05) is 6.92 Å². The third kappa shape index (κ3) is 2.36. The molecular weight excluding hydrogens is 149 g/mol. The Morgan fingerprint density at radius 1 is 1.58 bits per heavy atom. The summed E-state index contributed by atoms with van der Waals surface area (Å²) in [5.41, 5.74) is 1.43. The van der Waals surface area contributed by atoms with Crippen molar-refractivity contribution < 1.29 is 4.65 Å². The van der Waals surface area contributed by atoms with Crippen LogP contribution in [-0.4, -0.2) is 31.6 Å². The highest BCUT2D eigenvalue weighted by Crippen LogP contribution is 2.13. The minimum Gasteiger partial charge on any atom is -0.418 e. The SMILES string of the molecule is CCCN1CC(C)=CB1OCC. The van der Waals surface area contributed by atoms with Crippen molar-refractivity contribution in [2.24, 2.45) is 0 Å². The van der Waals surface area contributed by atoms with Crippen LogP contribution in [0.1, 0.15) is 27.2 Å². The lowest BCUT2D eigenvalue weighted by Gasteiger charge is -2.20. The molecule has 0 spiro atoms. The van der Waals surface area contributed by atoms with Crippen LogP contribution in [0.5, 0.6) is 0 Å². The summed E-state index contributed by atoms with van der Waals surface area (Å²) in [4.78, 5) is 2.37. The van der Waals surface area contributed by atoms with Gasteiger partial charge in [0.1, 0.15) is 0 Å². The molecule has 0 bridgehead atoms. The molecule has 0 aromatic heterocycles. The van der Waals surface area contributed by atoms with Crippen LogP contribution in [0.2, 0.25) is 0 Å². The van der Waals surface area contributed by atoms with Crippen molar-refractivity contribution in [3.63, 3.8) is 0 Å². The average Bonchev–Trinajstić information content (AvgIpc) is 2.33. The molecule has 1 aliphatic heterocycles. The Hall–Kier alpha value is -0.275. The van der Waals surface area contributed by atoms with Crippen LogP contribution in [0, 0.1) is 0 Å². The second-order valence-corrected chi connectivity index (χ2v) is 3.33. The van der Waals surface area contributed by atoms with E-state index in [1.165, 1.54) is 12.0 Å². The summed E-state index contributed by atoms with van der Waals surface area (Å²) in [6.07, 6.45) is 1.20. The molecule has 0 saturated carbocycles. The van der Waals surface area contributed by atoms with Crippen LogP contribution in [-0.2, 0) is 4.65 Å². The molecule has 68 valence electrons. The topological polar surface area (TPSA) is 12.5 Å². The fourth-order valence-corrected chi connectivity index (χ4v) is 1.63. The Labute approximate surface area is 75.7 Å². The predicted octanol–water partition coefficient (Wildman–Crippen LogP) is 1.72. The molecule has 0 atom stereocenters. The Kier molecular flexibility index (Phi) is 3.82. The van der Waals surface area contributed by atoms with E-state index < -0.39 is 0 Å². The lowest BCUT2D eigenvalue weighted by atomic mass is 9.82. The molecule has 2 nitrogen and oxygen atoms in total. The van der Waals surface area contributed by atoms with Gasteiger partial charge < -0.3 is 9.47 Å². The van der Waals surface area contributed by atoms with Crippen molar-refractivity contribution in [1.82, 2.24) is 4.81 Å². The van der Waals surface area contributed by atoms with Gasteiger partial charge in [0.25, 0.3) is 0 Å². The van der Waals surface area contributed by atoms with Crippen LogP contribution in [0.15, 0.2) is 11.5 Å². The summed E-state index contributed by atoms with van der Waals surface area (Å²) in [6.45, 7) is 9.44. The van der Waals surface area contributed by atoms with Gasteiger partial charge in [0, 0.05) is 13.2 Å². The molecule has 12 heavy (non-hydrogen) atoms. The van der Waals surface area contributed by atoms with Gasteiger partial charge in [0.05, 0.1) is 0 Å². The van der Waals surface area contributed by atoms with Crippen molar-refractivity contribution in [2.45, 2.75) is 27.2 Å². The van der Waals surface area contributed by atoms with Gasteiger partial charge in [0.2, 0.25) is 0 Å². The zero-order chi connectivity index (χ0) is 8.97. The first-order chi connectivity index (χ1) is 5.77. The van der Waals surface area contributed by atoms with Crippen LogP contribution in [0.4, 0.5) is 0 Å². The van der Waals surface area contributed by atoms with E-state index in [0.29, 0.717) is 0 Å². The third-order valence-corrected chi connectivity index (χ3v) is 2.09. The maximum absolute atomic E-state index is 5.59. The molecule has 1 rings (SSSR count). The van der Waals surface area contributed by atoms with E-state index in [0.717, 1.165) is 19.7 Å². The number of hydrogen-bond donors (Lipinski definition) is 0. The van der Waals surface area contributed by atoms with Gasteiger partial charge in [-0.3, -0.25) is 0 Å². The van der Waals surface area contributed by atoms with Crippen molar-refractivity contribution in [1.29, 1.82) is 0 Å². The standard InChI is InChI=1S/C9H18BNO/c1-4-6-11-8-9(3)7-10(11)12-5-2/h7H,4-6,8H2,1-3H3. The van der Waals surface area contributed by atoms with Gasteiger partial charge in [-0.05, 0) is 26.8 Å². The van der Waals surface area contributed by atoms with E-state index in [1.54, 1.807) is 0 Å². The van der Waals surface area contributed by atoms with Crippen LogP contribution in [0.25, 0.3) is 0 Å². The molecular formula is C9H18BNO. The van der Waals surface area contributed by atoms with Crippen molar-refractivity contribution >= 4 is 7.05 Å². The van der Waals surface area contributed by atoms with E-state index in [-0.39, 0.29) is 7.05 Å². The van der Waals surface area contributed by atoms with Crippen LogP contribution < -0.4 is 0 Å². The summed E-state index contributed by atoms with van der Waals surface area (Å²) in [5, 5.41) is 0. The third-order valence-electron chi connectivity index (χ3n) is 2.09. The number of rotatable bonds is 4. The van der Waals surface area contributed by atoms with Gasteiger partial charge >= 0.3 is 7.05 Å². The zero-order valence-corrected chi connectivity index (χ0v) is 8.34. The van der Waals surface area contributed by atoms with E-state index in [9.17, 15) is 0 Å². The fraction of sp³-hybridized carbons (Fsp3) is 0.778. The molecule has 0 unspecified atom stereocenters. The van der Waals surface area contributed by atoms with Crippen molar-refractivity contribution in [3.8, 4) is 0 Å². The minimum absolute atomic E-state index is 0.245. The molecule has 0 aliphatic carbocycles. The molecule has 0 radical (unpaired) electrons. The highest BCUT2D eigenvalue weighted by molar-refractivity contribution is 6.55. The molecule has 0 N–H and O–H groups in total. The molecule has 0 amide bonds. The summed E-state index contributed by atoms with van der Waals surface area (Å²) in [6, 6.07) is 0. The molecule has 1 aliphatic rings. The molecule has 0 saturated heterocycles. The second kappa shape index (κ2) is 4.68. The normalized spacial score (nSPS) is 18.6. The molecule has 0 aromatic rings. The lowest BCUT2D eigenvalue weighted by Crippen LogP contribution is -2.37. The van der Waals surface area contributed by atoms with Crippen LogP contribution >= 0.6 is 0 Å². The predicted molar refractivity (Wildman–Crippen MR) is 53.0 cm³/mol. The Morgan fingerprint density at radius 2 is 2.33 bits per heavy atom. The average molecular weight is 167 g/mol. The minimum atomic E-state index is 0.245. The van der Waals surface area contributed by atoms with Gasteiger partial charge in [-0.1, -0.05) is 18.5 Å². The first-order valence-corrected chi connectivity index (χ1v) is 4.80. The Bertz CT molecular complexity index is 170. The second-order valence-electron chi connectivity index (χ2n) is 3.33. The maximum Gasteiger partial charge on any atom is 0.411 e. The lowest BCUT2D eigenvalue weighted by molar-refractivity contribution is 0.294. The van der Waals surface area contributed by atoms with E-state index >= 15 is 0 Å². The van der Waals surface area contributed by atoms with Gasteiger partial charge in [-0.15, -0.1) is 0 Å². The molecule has 0 fully saturated rings. The molecule has 3 heteroatoms. The summed E-state index contributed by atoms with van der Waals surface area (Å²) in [5.74, 6) is 2.22. The molecule has 1 heterocycles. The summed E-state index contributed by atoms with van der Waals surface area (Å²) in [7, 11) is 0.245. The Morgan fingerprint density at radius 3 is 2.92 bits per heavy atom. The highest BCUT2D eigenvalue weighted by atomic mass is 16.4. The van der Waals surface area contributed by atoms with Crippen molar-refractivity contribution in [2.75, 3.05) is 19.7 Å². The van der Waals surface area contributed by atoms with Crippen molar-refractivity contribution in [3.05, 3.63) is 11.5 Å². The smallest absolute Gasteiger partial charge is 0.411 e.